The average Bonchev–Trinajstić information content (AvgIpc) is 3.36. The second-order valence-electron chi connectivity index (χ2n) is 7.61. The largest absolute Gasteiger partial charge is 0.491 e. The number of aliphatic hydroxyl groups is 1. The minimum Gasteiger partial charge on any atom is -0.491 e. The number of allylic oxidation sites excluding steroid dienone is 1. The molecule has 194 valence electrons. The molecule has 2 aromatic carbocycles. The van der Waals surface area contributed by atoms with Gasteiger partial charge in [-0.05, 0) is 49.6 Å². The number of hydrogen-bond acceptors (Lipinski definition) is 9. The van der Waals surface area contributed by atoms with Crippen LogP contribution in [0.25, 0.3) is 0 Å². The third kappa shape index (κ3) is 7.87. The van der Waals surface area contributed by atoms with Crippen LogP contribution in [-0.2, 0) is 14.3 Å². The minimum atomic E-state index is -0.786. The zero-order valence-electron chi connectivity index (χ0n) is 19.8. The van der Waals surface area contributed by atoms with E-state index in [-0.39, 0.29) is 20.0 Å². The number of aliphatic hydroxyl groups excluding tert-OH is 1. The van der Waals surface area contributed by atoms with Gasteiger partial charge in [0.05, 0.1) is 12.7 Å². The van der Waals surface area contributed by atoms with Gasteiger partial charge in [-0.25, -0.2) is 10.3 Å². The number of ether oxygens (including phenoxy) is 5. The summed E-state index contributed by atoms with van der Waals surface area (Å²) in [5.41, 5.74) is 2.68. The summed E-state index contributed by atoms with van der Waals surface area (Å²) in [6.07, 6.45) is 1.63. The third-order valence-corrected chi connectivity index (χ3v) is 5.14. The second kappa shape index (κ2) is 13.9. The molecule has 2 aromatic rings. The number of hydroxylamine groups is 1. The van der Waals surface area contributed by atoms with E-state index in [2.05, 4.69) is 5.32 Å². The molecule has 0 aromatic heterocycles. The van der Waals surface area contributed by atoms with E-state index in [0.717, 1.165) is 0 Å². The monoisotopic (exact) mass is 502 g/mol. The average molecular weight is 503 g/mol. The summed E-state index contributed by atoms with van der Waals surface area (Å²) in [5.74, 6) is 1.03. The molecule has 3 rings (SSSR count). The smallest absolute Gasteiger partial charge is 0.412 e. The van der Waals surface area contributed by atoms with Crippen LogP contribution in [0.2, 0.25) is 0 Å². The fourth-order valence-corrected chi connectivity index (χ4v) is 3.54. The maximum atomic E-state index is 12.9. The van der Waals surface area contributed by atoms with Crippen molar-refractivity contribution >= 4 is 17.7 Å². The predicted octanol–water partition coefficient (Wildman–Crippen LogP) is 3.32. The normalized spacial score (nSPS) is 13.8. The number of amides is 2. The van der Waals surface area contributed by atoms with Crippen LogP contribution in [0, 0.1) is 0 Å². The maximum Gasteiger partial charge on any atom is 0.412 e. The fourth-order valence-electron chi connectivity index (χ4n) is 3.54. The highest BCUT2D eigenvalue weighted by molar-refractivity contribution is 5.86. The molecule has 0 unspecified atom stereocenters. The number of fused-ring (bicyclic) bond motifs is 1. The number of rotatable bonds is 13. The van der Waals surface area contributed by atoms with Crippen LogP contribution in [0.3, 0.4) is 0 Å². The van der Waals surface area contributed by atoms with Gasteiger partial charge in [0, 0.05) is 24.4 Å². The Morgan fingerprint density at radius 1 is 1.14 bits per heavy atom. The lowest BCUT2D eigenvalue weighted by Crippen LogP contribution is -2.29. The molecule has 0 spiro atoms. The molecule has 0 fully saturated rings. The van der Waals surface area contributed by atoms with Crippen molar-refractivity contribution in [2.75, 3.05) is 31.9 Å². The first-order valence-electron chi connectivity index (χ1n) is 11.5. The lowest BCUT2D eigenvalue weighted by molar-refractivity contribution is -0.124. The molecular formula is C25H30N2O9. The Hall–Kier alpha value is -3.80. The van der Waals surface area contributed by atoms with E-state index in [1.54, 1.807) is 48.5 Å². The standard InChI is InChI=1S/C25H30N2O9/c1-2-32-21(5-3-4-6-23(29)27-31)24(17-7-10-19(11-8-17)33-14-13-28)36-25(30)26-18-9-12-20-22(15-18)35-16-34-20/h4,6-12,15,21,24,28,31H,2-3,5,13-14,16H2,1H3,(H,26,30)(H,27,29)/b6-4+/t21-,24-/m1/s1. The number of nitrogens with one attached hydrogen (secondary N) is 2. The van der Waals surface area contributed by atoms with Crippen LogP contribution in [0.15, 0.2) is 54.6 Å². The maximum absolute atomic E-state index is 12.9. The molecular weight excluding hydrogens is 472 g/mol. The summed E-state index contributed by atoms with van der Waals surface area (Å²) in [6.45, 7) is 2.37. The summed E-state index contributed by atoms with van der Waals surface area (Å²) in [4.78, 5) is 24.1. The summed E-state index contributed by atoms with van der Waals surface area (Å²) in [6, 6.07) is 11.9. The number of anilines is 1. The number of carbonyl (C=O) groups is 2. The van der Waals surface area contributed by atoms with Crippen LogP contribution in [-0.4, -0.2) is 55.0 Å². The molecule has 0 radical (unpaired) electrons. The Labute approximate surface area is 208 Å². The van der Waals surface area contributed by atoms with Gasteiger partial charge in [0.15, 0.2) is 17.6 Å². The van der Waals surface area contributed by atoms with Crippen molar-refractivity contribution in [3.63, 3.8) is 0 Å². The molecule has 2 atom stereocenters. The first kappa shape index (κ1) is 26.8. The quantitative estimate of drug-likeness (QED) is 0.184. The molecule has 2 amide bonds. The second-order valence-corrected chi connectivity index (χ2v) is 7.61. The third-order valence-electron chi connectivity index (χ3n) is 5.14. The van der Waals surface area contributed by atoms with E-state index in [1.807, 2.05) is 6.92 Å². The van der Waals surface area contributed by atoms with Gasteiger partial charge < -0.3 is 28.8 Å². The molecule has 36 heavy (non-hydrogen) atoms. The molecule has 0 aliphatic carbocycles. The molecule has 11 nitrogen and oxygen atoms in total. The minimum absolute atomic E-state index is 0.109. The number of hydrogen-bond donors (Lipinski definition) is 4. The molecule has 11 heteroatoms. The molecule has 4 N–H and O–H groups in total. The Kier molecular flexibility index (Phi) is 10.4. The van der Waals surface area contributed by atoms with Crippen molar-refractivity contribution in [2.45, 2.75) is 32.0 Å². The first-order chi connectivity index (χ1) is 17.5. The number of benzene rings is 2. The summed E-state index contributed by atoms with van der Waals surface area (Å²) >= 11 is 0. The molecule has 0 bridgehead atoms. The van der Waals surface area contributed by atoms with Crippen LogP contribution in [0.5, 0.6) is 17.2 Å². The van der Waals surface area contributed by atoms with E-state index in [1.165, 1.54) is 11.6 Å². The van der Waals surface area contributed by atoms with Crippen molar-refractivity contribution in [2.24, 2.45) is 0 Å². The lowest BCUT2D eigenvalue weighted by Gasteiger charge is -2.27. The van der Waals surface area contributed by atoms with E-state index in [0.29, 0.717) is 47.9 Å². The Morgan fingerprint density at radius 3 is 2.64 bits per heavy atom. The van der Waals surface area contributed by atoms with Crippen molar-refractivity contribution < 1.29 is 43.6 Å². The summed E-state index contributed by atoms with van der Waals surface area (Å²) in [5, 5.41) is 20.3. The van der Waals surface area contributed by atoms with Gasteiger partial charge in [-0.3, -0.25) is 15.3 Å². The van der Waals surface area contributed by atoms with Gasteiger partial charge in [0.2, 0.25) is 6.79 Å². The highest BCUT2D eigenvalue weighted by Crippen LogP contribution is 2.35. The van der Waals surface area contributed by atoms with E-state index >= 15 is 0 Å². The molecule has 0 saturated heterocycles. The molecule has 1 aliphatic rings. The van der Waals surface area contributed by atoms with E-state index in [9.17, 15) is 9.59 Å². The van der Waals surface area contributed by atoms with Gasteiger partial charge in [0.1, 0.15) is 12.4 Å². The van der Waals surface area contributed by atoms with Gasteiger partial charge in [0.25, 0.3) is 5.91 Å². The van der Waals surface area contributed by atoms with Crippen molar-refractivity contribution in [1.29, 1.82) is 0 Å². The van der Waals surface area contributed by atoms with Crippen LogP contribution < -0.4 is 25.0 Å². The zero-order chi connectivity index (χ0) is 25.8. The zero-order valence-corrected chi connectivity index (χ0v) is 19.8. The summed E-state index contributed by atoms with van der Waals surface area (Å²) in [7, 11) is 0. The molecule has 0 saturated carbocycles. The Morgan fingerprint density at radius 2 is 1.92 bits per heavy atom. The Balaban J connectivity index is 1.76. The molecule has 1 aliphatic heterocycles. The Bertz CT molecular complexity index is 1030. The lowest BCUT2D eigenvalue weighted by atomic mass is 10.00. The fraction of sp³-hybridized carbons (Fsp3) is 0.360. The highest BCUT2D eigenvalue weighted by atomic mass is 16.7. The van der Waals surface area contributed by atoms with E-state index in [4.69, 9.17) is 34.0 Å². The van der Waals surface area contributed by atoms with Crippen molar-refractivity contribution in [3.8, 4) is 17.2 Å². The van der Waals surface area contributed by atoms with Gasteiger partial charge in [-0.1, -0.05) is 18.2 Å². The van der Waals surface area contributed by atoms with Crippen LogP contribution in [0.1, 0.15) is 31.4 Å². The van der Waals surface area contributed by atoms with Gasteiger partial charge in [-0.15, -0.1) is 0 Å². The highest BCUT2D eigenvalue weighted by Gasteiger charge is 2.28. The first-order valence-corrected chi connectivity index (χ1v) is 11.5. The van der Waals surface area contributed by atoms with Crippen molar-refractivity contribution in [3.05, 3.63) is 60.2 Å². The van der Waals surface area contributed by atoms with E-state index < -0.39 is 24.2 Å². The number of carbonyl (C=O) groups excluding carboxylic acids is 2. The summed E-state index contributed by atoms with van der Waals surface area (Å²) < 4.78 is 27.8. The molecule has 1 heterocycles. The SMILES string of the molecule is CCO[C@H](CC/C=C/C(=O)NO)[C@H](OC(=O)Nc1ccc2c(c1)OCO2)c1ccc(OCCO)cc1. The van der Waals surface area contributed by atoms with Gasteiger partial charge in [-0.2, -0.15) is 0 Å². The van der Waals surface area contributed by atoms with Gasteiger partial charge >= 0.3 is 6.09 Å². The van der Waals surface area contributed by atoms with Crippen molar-refractivity contribution in [1.82, 2.24) is 5.48 Å². The van der Waals surface area contributed by atoms with Crippen LogP contribution >= 0.6 is 0 Å². The van der Waals surface area contributed by atoms with Crippen LogP contribution in [0.4, 0.5) is 10.5 Å². The topological polar surface area (TPSA) is 145 Å². The predicted molar refractivity (Wildman–Crippen MR) is 128 cm³/mol.